The summed E-state index contributed by atoms with van der Waals surface area (Å²) in [5.74, 6) is -1.47. The summed E-state index contributed by atoms with van der Waals surface area (Å²) in [7, 11) is -3.95. The maximum absolute atomic E-state index is 12.4. The van der Waals surface area contributed by atoms with Crippen molar-refractivity contribution in [2.75, 3.05) is 15.8 Å². The zero-order chi connectivity index (χ0) is 22.7. The molecule has 2 N–H and O–H groups in total. The highest BCUT2D eigenvalue weighted by Gasteiger charge is 2.19. The Morgan fingerprint density at radius 3 is 1.81 bits per heavy atom. The average molecular weight is 525 g/mol. The molecule has 164 valence electrons. The molecule has 7 nitrogen and oxygen atoms in total. The summed E-state index contributed by atoms with van der Waals surface area (Å²) in [6, 6.07) is 14.1. The van der Waals surface area contributed by atoms with Gasteiger partial charge in [0.05, 0.1) is 11.4 Å². The smallest absolute Gasteiger partial charge is 0.243 e. The van der Waals surface area contributed by atoms with Crippen molar-refractivity contribution < 1.29 is 13.2 Å². The van der Waals surface area contributed by atoms with Gasteiger partial charge in [0.15, 0.2) is 10.3 Å². The topological polar surface area (TPSA) is 101 Å². The second-order valence-electron chi connectivity index (χ2n) is 6.50. The van der Waals surface area contributed by atoms with E-state index >= 15 is 0 Å². The standard InChI is InChI=1S/C20H14Cl2N4O3S3/c21-14-5-1-12(2-6-14)16-9-30-19(23-16)25-18(27)11-32(28,29)26-20-24-17(10-31-20)13-3-7-15(22)8-4-13/h1-10H,11H2,(H,24,26)(H,23,25,27). The number of amides is 1. The van der Waals surface area contributed by atoms with E-state index in [-0.39, 0.29) is 5.13 Å². The van der Waals surface area contributed by atoms with E-state index in [9.17, 15) is 13.2 Å². The number of anilines is 2. The van der Waals surface area contributed by atoms with E-state index in [1.165, 1.54) is 11.3 Å². The monoisotopic (exact) mass is 524 g/mol. The molecule has 2 aromatic heterocycles. The van der Waals surface area contributed by atoms with Gasteiger partial charge < -0.3 is 5.32 Å². The van der Waals surface area contributed by atoms with Gasteiger partial charge in [-0.05, 0) is 24.3 Å². The second kappa shape index (κ2) is 9.55. The van der Waals surface area contributed by atoms with Gasteiger partial charge in [0.25, 0.3) is 0 Å². The van der Waals surface area contributed by atoms with Gasteiger partial charge in [0.2, 0.25) is 15.9 Å². The summed E-state index contributed by atoms with van der Waals surface area (Å²) < 4.78 is 27.1. The maximum atomic E-state index is 12.4. The number of thiazole rings is 2. The largest absolute Gasteiger partial charge is 0.301 e. The highest BCUT2D eigenvalue weighted by molar-refractivity contribution is 7.93. The van der Waals surface area contributed by atoms with E-state index in [1.54, 1.807) is 47.2 Å². The second-order valence-corrected chi connectivity index (χ2v) is 10.8. The predicted octanol–water partition coefficient (Wildman–Crippen LogP) is 5.62. The van der Waals surface area contributed by atoms with E-state index in [0.29, 0.717) is 26.6 Å². The molecule has 0 atom stereocenters. The van der Waals surface area contributed by atoms with Crippen LogP contribution in [0.25, 0.3) is 22.5 Å². The Bertz CT molecular complexity index is 1350. The summed E-state index contributed by atoms with van der Waals surface area (Å²) in [5.41, 5.74) is 2.89. The van der Waals surface area contributed by atoms with Crippen LogP contribution in [0.1, 0.15) is 0 Å². The Hall–Kier alpha value is -2.50. The van der Waals surface area contributed by atoms with Gasteiger partial charge in [-0.1, -0.05) is 47.5 Å². The molecule has 4 rings (SSSR count). The molecular weight excluding hydrogens is 511 g/mol. The van der Waals surface area contributed by atoms with Crippen molar-refractivity contribution in [3.8, 4) is 22.5 Å². The molecule has 0 bridgehead atoms. The molecule has 0 radical (unpaired) electrons. The van der Waals surface area contributed by atoms with Gasteiger partial charge in [-0.2, -0.15) is 0 Å². The molecule has 12 heteroatoms. The van der Waals surface area contributed by atoms with Crippen molar-refractivity contribution in [1.29, 1.82) is 0 Å². The number of carbonyl (C=O) groups is 1. The molecule has 1 amide bonds. The number of hydrogen-bond donors (Lipinski definition) is 2. The van der Waals surface area contributed by atoms with E-state index in [4.69, 9.17) is 23.2 Å². The molecule has 0 aliphatic heterocycles. The van der Waals surface area contributed by atoms with Crippen LogP contribution in [0.4, 0.5) is 10.3 Å². The van der Waals surface area contributed by atoms with Crippen molar-refractivity contribution in [1.82, 2.24) is 9.97 Å². The number of aromatic nitrogens is 2. The van der Waals surface area contributed by atoms with Crippen molar-refractivity contribution >= 4 is 72.1 Å². The first-order valence-electron chi connectivity index (χ1n) is 9.01. The Balaban J connectivity index is 1.37. The molecule has 0 unspecified atom stereocenters. The lowest BCUT2D eigenvalue weighted by Gasteiger charge is -2.05. The van der Waals surface area contributed by atoms with Crippen LogP contribution in [0.5, 0.6) is 0 Å². The molecule has 2 aromatic carbocycles. The van der Waals surface area contributed by atoms with Crippen molar-refractivity contribution in [3.05, 3.63) is 69.3 Å². The Labute approximate surface area is 202 Å². The molecule has 0 saturated heterocycles. The van der Waals surface area contributed by atoms with E-state index in [0.717, 1.165) is 22.5 Å². The lowest BCUT2D eigenvalue weighted by Crippen LogP contribution is -2.27. The number of carbonyl (C=O) groups excluding carboxylic acids is 1. The van der Waals surface area contributed by atoms with Crippen molar-refractivity contribution in [2.24, 2.45) is 0 Å². The SMILES string of the molecule is O=C(CS(=O)(=O)Nc1nc(-c2ccc(Cl)cc2)cs1)Nc1nc(-c2ccc(Cl)cc2)cs1. The summed E-state index contributed by atoms with van der Waals surface area (Å²) in [6.07, 6.45) is 0. The minimum absolute atomic E-state index is 0.169. The fourth-order valence-electron chi connectivity index (χ4n) is 2.66. The van der Waals surface area contributed by atoms with Crippen LogP contribution < -0.4 is 10.0 Å². The molecule has 32 heavy (non-hydrogen) atoms. The molecule has 0 fully saturated rings. The maximum Gasteiger partial charge on any atom is 0.243 e. The fourth-order valence-corrected chi connectivity index (χ4v) is 5.58. The first kappa shape index (κ1) is 22.7. The first-order valence-corrected chi connectivity index (χ1v) is 13.2. The van der Waals surface area contributed by atoms with E-state index in [2.05, 4.69) is 20.0 Å². The van der Waals surface area contributed by atoms with E-state index < -0.39 is 21.7 Å². The van der Waals surface area contributed by atoms with Crippen LogP contribution in [-0.4, -0.2) is 30.0 Å². The zero-order valence-electron chi connectivity index (χ0n) is 16.1. The average Bonchev–Trinajstić information content (AvgIpc) is 3.38. The third-order valence-electron chi connectivity index (χ3n) is 4.10. The number of halogens is 2. The Morgan fingerprint density at radius 2 is 1.28 bits per heavy atom. The zero-order valence-corrected chi connectivity index (χ0v) is 20.0. The normalized spacial score (nSPS) is 11.3. The van der Waals surface area contributed by atoms with Crippen LogP contribution in [0.15, 0.2) is 59.3 Å². The van der Waals surface area contributed by atoms with Gasteiger partial charge in [-0.15, -0.1) is 22.7 Å². The first-order chi connectivity index (χ1) is 15.3. The quantitative estimate of drug-likeness (QED) is 0.326. The lowest BCUT2D eigenvalue weighted by molar-refractivity contribution is -0.113. The van der Waals surface area contributed by atoms with Crippen LogP contribution in [-0.2, 0) is 14.8 Å². The predicted molar refractivity (Wildman–Crippen MR) is 131 cm³/mol. The van der Waals surface area contributed by atoms with Crippen molar-refractivity contribution in [2.45, 2.75) is 0 Å². The highest BCUT2D eigenvalue weighted by atomic mass is 35.5. The van der Waals surface area contributed by atoms with Crippen molar-refractivity contribution in [3.63, 3.8) is 0 Å². The number of benzene rings is 2. The van der Waals surface area contributed by atoms with Gasteiger partial charge in [-0.3, -0.25) is 9.52 Å². The minimum Gasteiger partial charge on any atom is -0.301 e. The molecule has 0 aliphatic rings. The van der Waals surface area contributed by atoms with Gasteiger partial charge in [0.1, 0.15) is 5.75 Å². The van der Waals surface area contributed by atoms with Crippen LogP contribution in [0.2, 0.25) is 10.0 Å². The third kappa shape index (κ3) is 5.84. The number of nitrogens with zero attached hydrogens (tertiary/aromatic N) is 2. The molecule has 0 spiro atoms. The summed E-state index contributed by atoms with van der Waals surface area (Å²) >= 11 is 14.1. The molecule has 0 aliphatic carbocycles. The Morgan fingerprint density at radius 1 is 0.812 bits per heavy atom. The third-order valence-corrected chi connectivity index (χ3v) is 7.39. The van der Waals surface area contributed by atoms with E-state index in [1.807, 2.05) is 12.1 Å². The number of sulfonamides is 1. The summed E-state index contributed by atoms with van der Waals surface area (Å²) in [6.45, 7) is 0. The lowest BCUT2D eigenvalue weighted by atomic mass is 10.2. The number of nitrogens with one attached hydrogen (secondary N) is 2. The van der Waals surface area contributed by atoms with Crippen LogP contribution in [0, 0.1) is 0 Å². The van der Waals surface area contributed by atoms with Gasteiger partial charge in [0, 0.05) is 31.9 Å². The molecule has 0 saturated carbocycles. The Kier molecular flexibility index (Phi) is 6.77. The number of rotatable bonds is 7. The minimum atomic E-state index is -3.95. The van der Waals surface area contributed by atoms with Gasteiger partial charge >= 0.3 is 0 Å². The molecule has 2 heterocycles. The summed E-state index contributed by atoms with van der Waals surface area (Å²) in [4.78, 5) is 20.8. The molecular formula is C20H14Cl2N4O3S3. The van der Waals surface area contributed by atoms with Crippen LogP contribution in [0.3, 0.4) is 0 Å². The van der Waals surface area contributed by atoms with Gasteiger partial charge in [-0.25, -0.2) is 18.4 Å². The summed E-state index contributed by atoms with van der Waals surface area (Å²) in [5, 5.41) is 7.67. The van der Waals surface area contributed by atoms with Crippen LogP contribution >= 0.6 is 45.9 Å². The fraction of sp³-hybridized carbons (Fsp3) is 0.0500. The number of hydrogen-bond acceptors (Lipinski definition) is 7. The highest BCUT2D eigenvalue weighted by Crippen LogP contribution is 2.27. The molecule has 4 aromatic rings.